The van der Waals surface area contributed by atoms with Crippen molar-refractivity contribution < 1.29 is 22.7 Å². The number of nitrogens with one attached hydrogen (secondary N) is 2. The first kappa shape index (κ1) is 22.4. The van der Waals surface area contributed by atoms with Gasteiger partial charge in [-0.1, -0.05) is 38.1 Å². The fourth-order valence-electron chi connectivity index (χ4n) is 2.87. The molecule has 0 bridgehead atoms. The second-order valence-corrected chi connectivity index (χ2v) is 8.68. The van der Waals surface area contributed by atoms with E-state index in [0.717, 1.165) is 12.0 Å². The van der Waals surface area contributed by atoms with Crippen LogP contribution in [0.15, 0.2) is 48.5 Å². The molecule has 2 rings (SSSR count). The van der Waals surface area contributed by atoms with Gasteiger partial charge in [-0.15, -0.1) is 0 Å². The van der Waals surface area contributed by atoms with Crippen molar-refractivity contribution in [2.45, 2.75) is 31.9 Å². The van der Waals surface area contributed by atoms with Crippen molar-refractivity contribution in [3.05, 3.63) is 54.1 Å². The van der Waals surface area contributed by atoms with Gasteiger partial charge in [0, 0.05) is 5.69 Å². The lowest BCUT2D eigenvalue weighted by molar-refractivity contribution is -0.115. The number of sulfone groups is 1. The first-order chi connectivity index (χ1) is 13.8. The minimum atomic E-state index is -4.01. The van der Waals surface area contributed by atoms with E-state index in [1.165, 1.54) is 7.11 Å². The van der Waals surface area contributed by atoms with Crippen molar-refractivity contribution in [1.29, 1.82) is 0 Å². The largest absolute Gasteiger partial charge is 0.495 e. The highest BCUT2D eigenvalue weighted by Gasteiger charge is 2.33. The van der Waals surface area contributed by atoms with E-state index in [9.17, 15) is 18.0 Å². The third kappa shape index (κ3) is 6.05. The normalized spacial score (nSPS) is 12.1. The summed E-state index contributed by atoms with van der Waals surface area (Å²) >= 11 is 0. The lowest BCUT2D eigenvalue weighted by atomic mass is 10.1. The monoisotopic (exact) mass is 418 g/mol. The Hall–Kier alpha value is -2.87. The molecule has 0 spiro atoms. The SMILES string of the molecule is CCc1ccc(NC(=O)C(CC)S(=O)(=O)CC(=O)Nc2ccccc2OC)cc1. The molecular weight excluding hydrogens is 392 g/mol. The number of benzene rings is 2. The second kappa shape index (κ2) is 10.1. The van der Waals surface area contributed by atoms with Crippen LogP contribution in [0.1, 0.15) is 25.8 Å². The number of methoxy groups -OCH3 is 1. The van der Waals surface area contributed by atoms with Gasteiger partial charge >= 0.3 is 0 Å². The molecule has 8 heteroatoms. The third-order valence-electron chi connectivity index (χ3n) is 4.44. The summed E-state index contributed by atoms with van der Waals surface area (Å²) < 4.78 is 30.5. The highest BCUT2D eigenvalue weighted by atomic mass is 32.2. The number of carbonyl (C=O) groups is 2. The summed E-state index contributed by atoms with van der Waals surface area (Å²) in [4.78, 5) is 24.8. The second-order valence-electron chi connectivity index (χ2n) is 6.49. The summed E-state index contributed by atoms with van der Waals surface area (Å²) in [6.45, 7) is 3.61. The van der Waals surface area contributed by atoms with Crippen LogP contribution < -0.4 is 15.4 Å². The Labute approximate surface area is 171 Å². The van der Waals surface area contributed by atoms with Gasteiger partial charge in [0.1, 0.15) is 16.8 Å². The number of anilines is 2. The van der Waals surface area contributed by atoms with Crippen molar-refractivity contribution >= 4 is 33.0 Å². The third-order valence-corrected chi connectivity index (χ3v) is 6.52. The minimum absolute atomic E-state index is 0.0587. The molecule has 0 aromatic heterocycles. The highest BCUT2D eigenvalue weighted by molar-refractivity contribution is 7.93. The number of ether oxygens (including phenoxy) is 1. The molecule has 0 aliphatic heterocycles. The molecule has 0 aliphatic rings. The number of rotatable bonds is 9. The van der Waals surface area contributed by atoms with E-state index in [0.29, 0.717) is 17.1 Å². The van der Waals surface area contributed by atoms with Crippen molar-refractivity contribution in [2.75, 3.05) is 23.5 Å². The minimum Gasteiger partial charge on any atom is -0.495 e. The van der Waals surface area contributed by atoms with Gasteiger partial charge in [-0.25, -0.2) is 8.42 Å². The quantitative estimate of drug-likeness (QED) is 0.652. The Morgan fingerprint density at radius 3 is 2.24 bits per heavy atom. The predicted molar refractivity (Wildman–Crippen MR) is 114 cm³/mol. The Balaban J connectivity index is 2.07. The molecule has 2 N–H and O–H groups in total. The number of amides is 2. The molecule has 0 saturated heterocycles. The Morgan fingerprint density at radius 1 is 1.00 bits per heavy atom. The molecule has 0 heterocycles. The van der Waals surface area contributed by atoms with Gasteiger partial charge in [0.2, 0.25) is 11.8 Å². The molecule has 1 unspecified atom stereocenters. The Morgan fingerprint density at radius 2 is 1.66 bits per heavy atom. The molecule has 0 fully saturated rings. The van der Waals surface area contributed by atoms with E-state index in [1.807, 2.05) is 19.1 Å². The number of aryl methyl sites for hydroxylation is 1. The van der Waals surface area contributed by atoms with Crippen molar-refractivity contribution in [2.24, 2.45) is 0 Å². The molecule has 0 radical (unpaired) electrons. The van der Waals surface area contributed by atoms with E-state index in [-0.39, 0.29) is 6.42 Å². The van der Waals surface area contributed by atoms with Crippen LogP contribution in [0.5, 0.6) is 5.75 Å². The van der Waals surface area contributed by atoms with E-state index in [1.54, 1.807) is 43.3 Å². The van der Waals surface area contributed by atoms with Crippen molar-refractivity contribution in [3.8, 4) is 5.75 Å². The van der Waals surface area contributed by atoms with Crippen LogP contribution >= 0.6 is 0 Å². The summed E-state index contributed by atoms with van der Waals surface area (Å²) in [6, 6.07) is 13.9. The fourth-order valence-corrected chi connectivity index (χ4v) is 4.40. The summed E-state index contributed by atoms with van der Waals surface area (Å²) in [5.74, 6) is -1.76. The van der Waals surface area contributed by atoms with E-state index in [4.69, 9.17) is 4.74 Å². The summed E-state index contributed by atoms with van der Waals surface area (Å²) in [5, 5.41) is 3.82. The maximum absolute atomic E-state index is 12.7. The molecule has 2 aromatic carbocycles. The van der Waals surface area contributed by atoms with Crippen LogP contribution in [0.25, 0.3) is 0 Å². The molecule has 0 saturated carbocycles. The molecule has 2 amide bonds. The van der Waals surface area contributed by atoms with E-state index < -0.39 is 32.7 Å². The molecule has 29 heavy (non-hydrogen) atoms. The summed E-state index contributed by atoms with van der Waals surface area (Å²) in [6.07, 6.45) is 0.921. The zero-order valence-corrected chi connectivity index (χ0v) is 17.6. The molecular formula is C21H26N2O5S. The van der Waals surface area contributed by atoms with Crippen molar-refractivity contribution in [3.63, 3.8) is 0 Å². The van der Waals surface area contributed by atoms with Crippen LogP contribution in [0, 0.1) is 0 Å². The van der Waals surface area contributed by atoms with Gasteiger partial charge in [-0.05, 0) is 42.7 Å². The maximum Gasteiger partial charge on any atom is 0.242 e. The van der Waals surface area contributed by atoms with Gasteiger partial charge in [0.25, 0.3) is 0 Å². The topological polar surface area (TPSA) is 102 Å². The van der Waals surface area contributed by atoms with Crippen LogP contribution in [0.4, 0.5) is 11.4 Å². The number of para-hydroxylation sites is 2. The Bertz CT molecular complexity index is 955. The summed E-state index contributed by atoms with van der Waals surface area (Å²) in [7, 11) is -2.56. The molecule has 2 aromatic rings. The van der Waals surface area contributed by atoms with Crippen LogP contribution in [-0.2, 0) is 25.8 Å². The highest BCUT2D eigenvalue weighted by Crippen LogP contribution is 2.23. The van der Waals surface area contributed by atoms with Crippen LogP contribution in [0.2, 0.25) is 0 Å². The standard InChI is InChI=1S/C21H26N2O5S/c1-4-15-10-12-16(13-11-15)22-21(25)19(5-2)29(26,27)14-20(24)23-17-8-6-7-9-18(17)28-3/h6-13,19H,4-5,14H2,1-3H3,(H,22,25)(H,23,24). The van der Waals surface area contributed by atoms with Crippen molar-refractivity contribution in [1.82, 2.24) is 0 Å². The van der Waals surface area contributed by atoms with Crippen LogP contribution in [0.3, 0.4) is 0 Å². The van der Waals surface area contributed by atoms with E-state index in [2.05, 4.69) is 10.6 Å². The Kier molecular flexibility index (Phi) is 7.78. The number of carbonyl (C=O) groups excluding carboxylic acids is 2. The average Bonchev–Trinajstić information content (AvgIpc) is 2.68. The van der Waals surface area contributed by atoms with Gasteiger partial charge < -0.3 is 15.4 Å². The van der Waals surface area contributed by atoms with E-state index >= 15 is 0 Å². The van der Waals surface area contributed by atoms with Crippen LogP contribution in [-0.4, -0.2) is 38.3 Å². The first-order valence-electron chi connectivity index (χ1n) is 9.35. The fraction of sp³-hybridized carbons (Fsp3) is 0.333. The molecule has 7 nitrogen and oxygen atoms in total. The summed E-state index contributed by atoms with van der Waals surface area (Å²) in [5.41, 5.74) is 1.98. The number of hydrogen-bond donors (Lipinski definition) is 2. The first-order valence-corrected chi connectivity index (χ1v) is 11.1. The van der Waals surface area contributed by atoms with Gasteiger partial charge in [-0.2, -0.15) is 0 Å². The predicted octanol–water partition coefficient (Wildman–Crippen LogP) is 3.03. The maximum atomic E-state index is 12.7. The molecule has 156 valence electrons. The lowest BCUT2D eigenvalue weighted by Crippen LogP contribution is -2.39. The van der Waals surface area contributed by atoms with Gasteiger partial charge in [0.15, 0.2) is 9.84 Å². The van der Waals surface area contributed by atoms with Gasteiger partial charge in [-0.3, -0.25) is 9.59 Å². The zero-order valence-electron chi connectivity index (χ0n) is 16.8. The molecule has 0 aliphatic carbocycles. The molecule has 1 atom stereocenters. The zero-order chi connectivity index (χ0) is 21.4. The average molecular weight is 419 g/mol. The lowest BCUT2D eigenvalue weighted by Gasteiger charge is -2.16. The number of hydrogen-bond acceptors (Lipinski definition) is 5. The smallest absolute Gasteiger partial charge is 0.242 e. The van der Waals surface area contributed by atoms with Gasteiger partial charge in [0.05, 0.1) is 12.8 Å².